The molecule has 3 N–H and O–H groups in total. The van der Waals surface area contributed by atoms with Gasteiger partial charge in [-0.3, -0.25) is 9.48 Å². The second kappa shape index (κ2) is 11.6. The van der Waals surface area contributed by atoms with Crippen LogP contribution in [0.25, 0.3) is 0 Å². The molecule has 13 heteroatoms. The number of nitrogens with two attached hydrogens (primary N) is 1. The molecule has 1 atom stereocenters. The van der Waals surface area contributed by atoms with Crippen molar-refractivity contribution >= 4 is 17.3 Å². The van der Waals surface area contributed by atoms with Gasteiger partial charge in [-0.1, -0.05) is 18.2 Å². The zero-order chi connectivity index (χ0) is 28.2. The lowest BCUT2D eigenvalue weighted by Gasteiger charge is -2.37. The molecule has 0 saturated carbocycles. The van der Waals surface area contributed by atoms with Gasteiger partial charge in [0.05, 0.1) is 23.5 Å². The molecular formula is C26H27F6N5O2. The van der Waals surface area contributed by atoms with Crippen LogP contribution in [0.2, 0.25) is 0 Å². The molecule has 1 saturated heterocycles. The number of benzene rings is 2. The number of nitrogens with zero attached hydrogens (tertiary/aromatic N) is 3. The van der Waals surface area contributed by atoms with Gasteiger partial charge in [0.25, 0.3) is 0 Å². The molecule has 0 aliphatic carbocycles. The third-order valence-electron chi connectivity index (χ3n) is 6.22. The topological polar surface area (TPSA) is 85.4 Å². The molecule has 1 aromatic heterocycles. The Morgan fingerprint density at radius 1 is 1.08 bits per heavy atom. The molecule has 1 fully saturated rings. The highest BCUT2D eigenvalue weighted by Crippen LogP contribution is 2.48. The SMILES string of the molecule is NC[C@@H]1CCCN(c2c(NC(=O)Cc3ccn(CC(F)(F)F)n3)ccc(Oc3ccccc3)c2C(F)(F)F)C1. The Bertz CT molecular complexity index is 1280. The number of hydrogen-bond acceptors (Lipinski definition) is 5. The maximum atomic E-state index is 14.6. The molecule has 210 valence electrons. The van der Waals surface area contributed by atoms with Crippen LogP contribution in [0.1, 0.15) is 24.1 Å². The van der Waals surface area contributed by atoms with Crippen LogP contribution >= 0.6 is 0 Å². The molecule has 1 aliphatic heterocycles. The van der Waals surface area contributed by atoms with Crippen molar-refractivity contribution < 1.29 is 35.9 Å². The summed E-state index contributed by atoms with van der Waals surface area (Å²) in [4.78, 5) is 14.4. The highest BCUT2D eigenvalue weighted by molar-refractivity contribution is 5.96. The molecule has 0 radical (unpaired) electrons. The molecule has 4 rings (SSSR count). The standard InChI is InChI=1S/C26H27F6N5O2/c27-25(28,29)16-37-12-10-18(35-37)13-22(38)34-20-8-9-21(39-19-6-2-1-3-7-19)23(26(30,31)32)24(20)36-11-4-5-17(14-33)15-36/h1-3,6-10,12,17H,4-5,11,13-16,33H2,(H,34,38)/t17-/m0/s1. The largest absolute Gasteiger partial charge is 0.457 e. The summed E-state index contributed by atoms with van der Waals surface area (Å²) in [5.74, 6) is -0.994. The van der Waals surface area contributed by atoms with Crippen LogP contribution < -0.4 is 20.7 Å². The molecule has 0 unspecified atom stereocenters. The van der Waals surface area contributed by atoms with Crippen molar-refractivity contribution in [2.75, 3.05) is 29.9 Å². The van der Waals surface area contributed by atoms with E-state index in [0.717, 1.165) is 18.7 Å². The molecule has 7 nitrogen and oxygen atoms in total. The summed E-state index contributed by atoms with van der Waals surface area (Å²) in [6.07, 6.45) is -7.32. The minimum atomic E-state index is -4.84. The fourth-order valence-electron chi connectivity index (χ4n) is 4.57. The van der Waals surface area contributed by atoms with Gasteiger partial charge in [-0.15, -0.1) is 0 Å². The Labute approximate surface area is 220 Å². The van der Waals surface area contributed by atoms with E-state index in [4.69, 9.17) is 10.5 Å². The van der Waals surface area contributed by atoms with Gasteiger partial charge in [0, 0.05) is 19.3 Å². The summed E-state index contributed by atoms with van der Waals surface area (Å²) in [5.41, 5.74) is 4.48. The van der Waals surface area contributed by atoms with Crippen molar-refractivity contribution in [2.45, 2.75) is 38.2 Å². The number of rotatable bonds is 8. The van der Waals surface area contributed by atoms with Crippen LogP contribution in [0, 0.1) is 5.92 Å². The van der Waals surface area contributed by atoms with E-state index >= 15 is 0 Å². The normalized spacial score (nSPS) is 16.3. The summed E-state index contributed by atoms with van der Waals surface area (Å²) in [7, 11) is 0. The van der Waals surface area contributed by atoms with E-state index in [1.165, 1.54) is 24.3 Å². The summed E-state index contributed by atoms with van der Waals surface area (Å²) < 4.78 is 87.9. The van der Waals surface area contributed by atoms with E-state index in [2.05, 4.69) is 10.4 Å². The summed E-state index contributed by atoms with van der Waals surface area (Å²) in [6, 6.07) is 11.7. The number of alkyl halides is 6. The van der Waals surface area contributed by atoms with E-state index in [9.17, 15) is 31.1 Å². The number of nitrogens with one attached hydrogen (secondary N) is 1. The average Bonchev–Trinajstić information content (AvgIpc) is 3.29. The molecule has 1 amide bonds. The Morgan fingerprint density at radius 3 is 2.49 bits per heavy atom. The van der Waals surface area contributed by atoms with Crippen molar-refractivity contribution in [1.29, 1.82) is 0 Å². The minimum Gasteiger partial charge on any atom is -0.457 e. The first-order chi connectivity index (χ1) is 18.4. The van der Waals surface area contributed by atoms with Crippen LogP contribution in [0.4, 0.5) is 37.7 Å². The number of amides is 1. The molecule has 39 heavy (non-hydrogen) atoms. The Morgan fingerprint density at radius 2 is 1.82 bits per heavy atom. The number of hydrogen-bond donors (Lipinski definition) is 2. The average molecular weight is 556 g/mol. The maximum Gasteiger partial charge on any atom is 0.422 e. The first kappa shape index (κ1) is 28.3. The molecule has 0 bridgehead atoms. The second-order valence-corrected chi connectivity index (χ2v) is 9.28. The third-order valence-corrected chi connectivity index (χ3v) is 6.22. The Hall–Kier alpha value is -3.74. The minimum absolute atomic E-state index is 0.0412. The Balaban J connectivity index is 1.68. The number of piperidine rings is 1. The highest BCUT2D eigenvalue weighted by atomic mass is 19.4. The van der Waals surface area contributed by atoms with Crippen LogP contribution in [0.15, 0.2) is 54.7 Å². The van der Waals surface area contributed by atoms with E-state index in [1.54, 1.807) is 23.1 Å². The van der Waals surface area contributed by atoms with Gasteiger partial charge in [-0.25, -0.2) is 0 Å². The predicted octanol–water partition coefficient (Wildman–Crippen LogP) is 5.61. The fraction of sp³-hybridized carbons (Fsp3) is 0.385. The number of aromatic nitrogens is 2. The molecule has 1 aliphatic rings. The number of ether oxygens (including phenoxy) is 1. The summed E-state index contributed by atoms with van der Waals surface area (Å²) >= 11 is 0. The second-order valence-electron chi connectivity index (χ2n) is 9.28. The first-order valence-electron chi connectivity index (χ1n) is 12.2. The maximum absolute atomic E-state index is 14.6. The van der Waals surface area contributed by atoms with Crippen LogP contribution in [-0.4, -0.2) is 41.5 Å². The van der Waals surface area contributed by atoms with Crippen LogP contribution in [0.3, 0.4) is 0 Å². The van der Waals surface area contributed by atoms with Crippen molar-refractivity contribution in [3.8, 4) is 11.5 Å². The van der Waals surface area contributed by atoms with Crippen molar-refractivity contribution in [2.24, 2.45) is 11.7 Å². The van der Waals surface area contributed by atoms with Crippen molar-refractivity contribution in [1.82, 2.24) is 9.78 Å². The van der Waals surface area contributed by atoms with E-state index in [-0.39, 0.29) is 35.3 Å². The number of anilines is 2. The molecule has 3 aromatic rings. The van der Waals surface area contributed by atoms with Crippen LogP contribution in [-0.2, 0) is 23.9 Å². The summed E-state index contributed by atoms with van der Waals surface area (Å²) in [5, 5.41) is 6.25. The molecule has 0 spiro atoms. The molecular weight excluding hydrogens is 528 g/mol. The first-order valence-corrected chi connectivity index (χ1v) is 12.2. The predicted molar refractivity (Wildman–Crippen MR) is 133 cm³/mol. The van der Waals surface area contributed by atoms with Gasteiger partial charge in [-0.05, 0) is 55.6 Å². The van der Waals surface area contributed by atoms with E-state index < -0.39 is 42.5 Å². The van der Waals surface area contributed by atoms with Gasteiger partial charge in [0.2, 0.25) is 5.91 Å². The fourth-order valence-corrected chi connectivity index (χ4v) is 4.57. The van der Waals surface area contributed by atoms with Gasteiger partial charge >= 0.3 is 12.4 Å². The van der Waals surface area contributed by atoms with Gasteiger partial charge < -0.3 is 20.7 Å². The van der Waals surface area contributed by atoms with Crippen molar-refractivity contribution in [3.63, 3.8) is 0 Å². The highest BCUT2D eigenvalue weighted by Gasteiger charge is 2.41. The summed E-state index contributed by atoms with van der Waals surface area (Å²) in [6.45, 7) is -0.480. The monoisotopic (exact) mass is 555 g/mol. The lowest BCUT2D eigenvalue weighted by Crippen LogP contribution is -2.40. The number of para-hydroxylation sites is 1. The Kier molecular flexibility index (Phi) is 8.38. The smallest absolute Gasteiger partial charge is 0.422 e. The zero-order valence-electron chi connectivity index (χ0n) is 20.7. The third kappa shape index (κ3) is 7.43. The molecule has 2 aromatic carbocycles. The van der Waals surface area contributed by atoms with Crippen LogP contribution in [0.5, 0.6) is 11.5 Å². The lowest BCUT2D eigenvalue weighted by molar-refractivity contribution is -0.142. The zero-order valence-corrected chi connectivity index (χ0v) is 20.7. The quantitative estimate of drug-likeness (QED) is 0.353. The van der Waals surface area contributed by atoms with Gasteiger partial charge in [-0.2, -0.15) is 31.4 Å². The van der Waals surface area contributed by atoms with Gasteiger partial charge in [0.1, 0.15) is 23.6 Å². The lowest BCUT2D eigenvalue weighted by atomic mass is 9.96. The van der Waals surface area contributed by atoms with Crippen molar-refractivity contribution in [3.05, 3.63) is 66.0 Å². The van der Waals surface area contributed by atoms with Gasteiger partial charge in [0.15, 0.2) is 0 Å². The number of carbonyl (C=O) groups is 1. The number of halogens is 6. The number of carbonyl (C=O) groups excluding carboxylic acids is 1. The molecule has 2 heterocycles. The van der Waals surface area contributed by atoms with E-state index in [0.29, 0.717) is 24.2 Å². The van der Waals surface area contributed by atoms with E-state index in [1.807, 2.05) is 0 Å².